The van der Waals surface area contributed by atoms with E-state index in [0.29, 0.717) is 17.6 Å². The lowest BCUT2D eigenvalue weighted by Crippen LogP contribution is -2.68. The van der Waals surface area contributed by atoms with Gasteiger partial charge < -0.3 is 5.32 Å². The fraction of sp³-hybridized carbons (Fsp3) is 1.00. The van der Waals surface area contributed by atoms with E-state index in [0.717, 1.165) is 11.8 Å². The zero-order valence-electron chi connectivity index (χ0n) is 14.4. The van der Waals surface area contributed by atoms with Crippen LogP contribution in [0.25, 0.3) is 0 Å². The van der Waals surface area contributed by atoms with Crippen molar-refractivity contribution in [3.8, 4) is 0 Å². The number of nitrogens with one attached hydrogen (secondary N) is 1. The lowest BCUT2D eigenvalue weighted by molar-refractivity contribution is -0.00435. The van der Waals surface area contributed by atoms with Crippen molar-refractivity contribution in [3.63, 3.8) is 0 Å². The first-order chi connectivity index (χ1) is 9.49. The maximum absolute atomic E-state index is 3.97. The van der Waals surface area contributed by atoms with E-state index in [-0.39, 0.29) is 0 Å². The number of hydrogen-bond donors (Lipinski definition) is 1. The highest BCUT2D eigenvalue weighted by molar-refractivity contribution is 5.01. The lowest BCUT2D eigenvalue weighted by atomic mass is 9.77. The summed E-state index contributed by atoms with van der Waals surface area (Å²) in [5.74, 6) is 1.55. The Morgan fingerprint density at radius 3 is 2.30 bits per heavy atom. The first-order valence-electron chi connectivity index (χ1n) is 9.00. The third-order valence-electron chi connectivity index (χ3n) is 6.17. The van der Waals surface area contributed by atoms with Gasteiger partial charge in [-0.2, -0.15) is 0 Å². The van der Waals surface area contributed by atoms with E-state index in [1.807, 2.05) is 0 Å². The van der Waals surface area contributed by atoms with Crippen LogP contribution in [0.3, 0.4) is 0 Å². The molecule has 0 aromatic carbocycles. The van der Waals surface area contributed by atoms with Gasteiger partial charge >= 0.3 is 0 Å². The molecule has 1 saturated heterocycles. The van der Waals surface area contributed by atoms with Crippen LogP contribution < -0.4 is 5.32 Å². The van der Waals surface area contributed by atoms with Crippen LogP contribution >= 0.6 is 0 Å². The molecule has 20 heavy (non-hydrogen) atoms. The first-order valence-corrected chi connectivity index (χ1v) is 9.00. The Kier molecular flexibility index (Phi) is 5.53. The minimum Gasteiger partial charge on any atom is -0.308 e. The third kappa shape index (κ3) is 3.39. The SMILES string of the molecule is CCC(C)C(C)N1CC2(CCCCC2)NCC1C(C)C. The van der Waals surface area contributed by atoms with Crippen molar-refractivity contribution >= 4 is 0 Å². The molecule has 2 aliphatic rings. The van der Waals surface area contributed by atoms with Crippen LogP contribution in [-0.2, 0) is 0 Å². The molecule has 1 N–H and O–H groups in total. The average molecular weight is 280 g/mol. The smallest absolute Gasteiger partial charge is 0.0309 e. The van der Waals surface area contributed by atoms with Crippen molar-refractivity contribution in [3.05, 3.63) is 0 Å². The third-order valence-corrected chi connectivity index (χ3v) is 6.17. The summed E-state index contributed by atoms with van der Waals surface area (Å²) in [4.78, 5) is 2.86. The van der Waals surface area contributed by atoms with Crippen molar-refractivity contribution in [2.75, 3.05) is 13.1 Å². The highest BCUT2D eigenvalue weighted by Gasteiger charge is 2.42. The largest absolute Gasteiger partial charge is 0.308 e. The number of nitrogens with zero attached hydrogens (tertiary/aromatic N) is 1. The maximum Gasteiger partial charge on any atom is 0.0309 e. The minimum atomic E-state index is 0.436. The molecule has 0 aromatic heterocycles. The lowest BCUT2D eigenvalue weighted by Gasteiger charge is -2.53. The predicted molar refractivity (Wildman–Crippen MR) is 88.1 cm³/mol. The fourth-order valence-corrected chi connectivity index (χ4v) is 4.26. The van der Waals surface area contributed by atoms with E-state index in [2.05, 4.69) is 44.8 Å². The summed E-state index contributed by atoms with van der Waals surface area (Å²) in [6, 6.07) is 1.43. The molecule has 3 atom stereocenters. The minimum absolute atomic E-state index is 0.436. The molecule has 1 saturated carbocycles. The standard InChI is InChI=1S/C18H36N2/c1-6-15(4)16(5)20-13-18(10-8-7-9-11-18)19-12-17(20)14(2)3/h14-17,19H,6-13H2,1-5H3. The van der Waals surface area contributed by atoms with Gasteiger partial charge in [0.15, 0.2) is 0 Å². The maximum atomic E-state index is 3.97. The molecular formula is C18H36N2. The molecule has 3 unspecified atom stereocenters. The zero-order chi connectivity index (χ0) is 14.8. The van der Waals surface area contributed by atoms with E-state index in [4.69, 9.17) is 0 Å². The van der Waals surface area contributed by atoms with Gasteiger partial charge in [0.05, 0.1) is 0 Å². The molecule has 1 spiro atoms. The van der Waals surface area contributed by atoms with Gasteiger partial charge in [0.25, 0.3) is 0 Å². The quantitative estimate of drug-likeness (QED) is 0.835. The Morgan fingerprint density at radius 1 is 1.10 bits per heavy atom. The summed E-state index contributed by atoms with van der Waals surface area (Å²) in [6.45, 7) is 14.5. The molecule has 0 aromatic rings. The van der Waals surface area contributed by atoms with Gasteiger partial charge in [-0.15, -0.1) is 0 Å². The summed E-state index contributed by atoms with van der Waals surface area (Å²) < 4.78 is 0. The number of rotatable bonds is 4. The summed E-state index contributed by atoms with van der Waals surface area (Å²) in [5, 5.41) is 3.97. The van der Waals surface area contributed by atoms with Crippen LogP contribution in [0, 0.1) is 11.8 Å². The molecule has 1 heterocycles. The van der Waals surface area contributed by atoms with Crippen molar-refractivity contribution in [1.82, 2.24) is 10.2 Å². The number of hydrogen-bond acceptors (Lipinski definition) is 2. The Hall–Kier alpha value is -0.0800. The summed E-state index contributed by atoms with van der Waals surface area (Å²) >= 11 is 0. The van der Waals surface area contributed by atoms with Gasteiger partial charge in [0.1, 0.15) is 0 Å². The van der Waals surface area contributed by atoms with E-state index < -0.39 is 0 Å². The first kappa shape index (κ1) is 16.3. The van der Waals surface area contributed by atoms with Crippen LogP contribution in [0.2, 0.25) is 0 Å². The van der Waals surface area contributed by atoms with Gasteiger partial charge in [0.2, 0.25) is 0 Å². The molecule has 2 fully saturated rings. The topological polar surface area (TPSA) is 15.3 Å². The van der Waals surface area contributed by atoms with Gasteiger partial charge in [0, 0.05) is 30.7 Å². The van der Waals surface area contributed by atoms with Crippen LogP contribution in [-0.4, -0.2) is 35.6 Å². The van der Waals surface area contributed by atoms with Crippen LogP contribution in [0.5, 0.6) is 0 Å². The molecule has 2 rings (SSSR count). The second-order valence-corrected chi connectivity index (χ2v) is 7.83. The molecular weight excluding hydrogens is 244 g/mol. The van der Waals surface area contributed by atoms with Crippen molar-refractivity contribution in [2.45, 2.75) is 90.8 Å². The van der Waals surface area contributed by atoms with Gasteiger partial charge in [-0.3, -0.25) is 4.90 Å². The van der Waals surface area contributed by atoms with Gasteiger partial charge in [-0.25, -0.2) is 0 Å². The van der Waals surface area contributed by atoms with Gasteiger partial charge in [-0.05, 0) is 31.6 Å². The zero-order valence-corrected chi connectivity index (χ0v) is 14.4. The number of piperazine rings is 1. The van der Waals surface area contributed by atoms with Crippen molar-refractivity contribution < 1.29 is 0 Å². The second-order valence-electron chi connectivity index (χ2n) is 7.83. The van der Waals surface area contributed by atoms with E-state index in [1.54, 1.807) is 0 Å². The van der Waals surface area contributed by atoms with Crippen LogP contribution in [0.15, 0.2) is 0 Å². The summed E-state index contributed by atoms with van der Waals surface area (Å²) in [7, 11) is 0. The van der Waals surface area contributed by atoms with Crippen molar-refractivity contribution in [2.24, 2.45) is 11.8 Å². The monoisotopic (exact) mass is 280 g/mol. The Bertz CT molecular complexity index is 294. The average Bonchev–Trinajstić information content (AvgIpc) is 2.46. The van der Waals surface area contributed by atoms with Gasteiger partial charge in [-0.1, -0.05) is 53.4 Å². The highest BCUT2D eigenvalue weighted by atomic mass is 15.3. The molecule has 0 radical (unpaired) electrons. The molecule has 0 amide bonds. The molecule has 118 valence electrons. The second kappa shape index (κ2) is 6.79. The Labute approximate surface area is 126 Å². The van der Waals surface area contributed by atoms with Crippen LogP contribution in [0.4, 0.5) is 0 Å². The highest BCUT2D eigenvalue weighted by Crippen LogP contribution is 2.35. The molecule has 1 aliphatic carbocycles. The van der Waals surface area contributed by atoms with Crippen LogP contribution in [0.1, 0.15) is 73.1 Å². The Balaban J connectivity index is 2.12. The molecule has 2 heteroatoms. The molecule has 1 aliphatic heterocycles. The van der Waals surface area contributed by atoms with E-state index in [1.165, 1.54) is 51.6 Å². The summed E-state index contributed by atoms with van der Waals surface area (Å²) in [5.41, 5.74) is 0.436. The van der Waals surface area contributed by atoms with Crippen molar-refractivity contribution in [1.29, 1.82) is 0 Å². The normalized spacial score (nSPS) is 30.6. The summed E-state index contributed by atoms with van der Waals surface area (Å²) in [6.07, 6.45) is 8.36. The van der Waals surface area contributed by atoms with E-state index >= 15 is 0 Å². The Morgan fingerprint density at radius 2 is 1.75 bits per heavy atom. The molecule has 2 nitrogen and oxygen atoms in total. The molecule has 0 bridgehead atoms. The fourth-order valence-electron chi connectivity index (χ4n) is 4.26. The predicted octanol–water partition coefficient (Wildman–Crippen LogP) is 4.05. The van der Waals surface area contributed by atoms with E-state index in [9.17, 15) is 0 Å².